The van der Waals surface area contributed by atoms with Crippen LogP contribution in [0.1, 0.15) is 26.3 Å². The molecule has 1 fully saturated rings. The van der Waals surface area contributed by atoms with Crippen molar-refractivity contribution < 1.29 is 9.84 Å². The summed E-state index contributed by atoms with van der Waals surface area (Å²) in [5, 5.41) is 9.98. The molecule has 1 aromatic carbocycles. The Hall–Kier alpha value is -0.780. The van der Waals surface area contributed by atoms with Crippen LogP contribution in [0.5, 0.6) is 11.5 Å². The van der Waals surface area contributed by atoms with Gasteiger partial charge in [0, 0.05) is 31.7 Å². The molecule has 1 aromatic rings. The molecular formula is C16H25BrN2O2. The largest absolute Gasteiger partial charge is 0.503 e. The van der Waals surface area contributed by atoms with Gasteiger partial charge in [-0.15, -0.1) is 0 Å². The van der Waals surface area contributed by atoms with E-state index in [0.29, 0.717) is 16.8 Å². The van der Waals surface area contributed by atoms with E-state index in [1.807, 2.05) is 19.1 Å². The molecule has 118 valence electrons. The summed E-state index contributed by atoms with van der Waals surface area (Å²) in [6, 6.07) is 3.91. The molecule has 0 saturated carbocycles. The molecular weight excluding hydrogens is 332 g/mol. The molecule has 1 saturated heterocycles. The molecule has 1 heterocycles. The number of phenolic OH excluding ortho intramolecular Hbond substituents is 1. The van der Waals surface area contributed by atoms with E-state index in [1.165, 1.54) is 0 Å². The highest BCUT2D eigenvalue weighted by atomic mass is 79.9. The standard InChI is InChI=1S/C16H25BrN2O2/c1-5-21-14-9-12(8-13(17)15(14)20)10-19-7-6-18(4)16(2,3)11-19/h8-9,20H,5-7,10-11H2,1-4H3. The zero-order valence-corrected chi connectivity index (χ0v) is 14.9. The van der Waals surface area contributed by atoms with Crippen molar-refractivity contribution in [1.29, 1.82) is 0 Å². The summed E-state index contributed by atoms with van der Waals surface area (Å²) in [6.07, 6.45) is 0. The van der Waals surface area contributed by atoms with Crippen molar-refractivity contribution in [2.24, 2.45) is 0 Å². The summed E-state index contributed by atoms with van der Waals surface area (Å²) in [4.78, 5) is 4.86. The minimum Gasteiger partial charge on any atom is -0.503 e. The van der Waals surface area contributed by atoms with Crippen LogP contribution >= 0.6 is 15.9 Å². The molecule has 0 bridgehead atoms. The van der Waals surface area contributed by atoms with Crippen LogP contribution in [0.3, 0.4) is 0 Å². The fraction of sp³-hybridized carbons (Fsp3) is 0.625. The minimum atomic E-state index is 0.180. The first-order valence-electron chi connectivity index (χ1n) is 7.41. The normalized spacial score (nSPS) is 19.7. The predicted molar refractivity (Wildman–Crippen MR) is 89.0 cm³/mol. The highest BCUT2D eigenvalue weighted by Crippen LogP contribution is 2.36. The number of hydrogen-bond acceptors (Lipinski definition) is 4. The zero-order chi connectivity index (χ0) is 15.6. The summed E-state index contributed by atoms with van der Waals surface area (Å²) >= 11 is 3.41. The topological polar surface area (TPSA) is 35.9 Å². The summed E-state index contributed by atoms with van der Waals surface area (Å²) in [5.74, 6) is 0.731. The number of nitrogens with zero attached hydrogens (tertiary/aromatic N) is 2. The number of hydrogen-bond donors (Lipinski definition) is 1. The lowest BCUT2D eigenvalue weighted by molar-refractivity contribution is 0.0359. The fourth-order valence-corrected chi connectivity index (χ4v) is 3.21. The third-order valence-corrected chi connectivity index (χ3v) is 4.79. The van der Waals surface area contributed by atoms with Crippen LogP contribution in [-0.4, -0.2) is 53.7 Å². The lowest BCUT2D eigenvalue weighted by atomic mass is 9.99. The van der Waals surface area contributed by atoms with Crippen molar-refractivity contribution in [2.75, 3.05) is 33.3 Å². The molecule has 0 aromatic heterocycles. The van der Waals surface area contributed by atoms with Gasteiger partial charge in [-0.1, -0.05) is 0 Å². The SMILES string of the molecule is CCOc1cc(CN2CCN(C)C(C)(C)C2)cc(Br)c1O. The van der Waals surface area contributed by atoms with Gasteiger partial charge in [0.05, 0.1) is 11.1 Å². The maximum Gasteiger partial charge on any atom is 0.172 e. The van der Waals surface area contributed by atoms with Gasteiger partial charge >= 0.3 is 0 Å². The Labute approximate surface area is 135 Å². The van der Waals surface area contributed by atoms with Crippen LogP contribution < -0.4 is 4.74 Å². The summed E-state index contributed by atoms with van der Waals surface area (Å²) in [5.41, 5.74) is 1.35. The van der Waals surface area contributed by atoms with Crippen LogP contribution in [0.4, 0.5) is 0 Å². The molecule has 1 N–H and O–H groups in total. The second-order valence-corrected chi connectivity index (χ2v) is 7.16. The van der Waals surface area contributed by atoms with E-state index in [-0.39, 0.29) is 11.3 Å². The number of likely N-dealkylation sites (N-methyl/N-ethyl adjacent to an activating group) is 1. The van der Waals surface area contributed by atoms with E-state index in [1.54, 1.807) is 0 Å². The number of benzene rings is 1. The second-order valence-electron chi connectivity index (χ2n) is 6.30. The van der Waals surface area contributed by atoms with Crippen LogP contribution in [0.2, 0.25) is 0 Å². The van der Waals surface area contributed by atoms with Crippen molar-refractivity contribution in [3.05, 3.63) is 22.2 Å². The fourth-order valence-electron chi connectivity index (χ4n) is 2.72. The predicted octanol–water partition coefficient (Wildman–Crippen LogP) is 3.08. The Bertz CT molecular complexity index is 505. The van der Waals surface area contributed by atoms with E-state index in [0.717, 1.165) is 31.7 Å². The van der Waals surface area contributed by atoms with E-state index in [9.17, 15) is 5.11 Å². The lowest BCUT2D eigenvalue weighted by Crippen LogP contribution is -2.57. The van der Waals surface area contributed by atoms with Gasteiger partial charge in [0.25, 0.3) is 0 Å². The highest BCUT2D eigenvalue weighted by molar-refractivity contribution is 9.10. The van der Waals surface area contributed by atoms with E-state index >= 15 is 0 Å². The van der Waals surface area contributed by atoms with Crippen LogP contribution in [0, 0.1) is 0 Å². The average Bonchev–Trinajstić information content (AvgIpc) is 2.40. The van der Waals surface area contributed by atoms with Gasteiger partial charge in [-0.05, 0) is 61.4 Å². The Morgan fingerprint density at radius 3 is 2.67 bits per heavy atom. The van der Waals surface area contributed by atoms with Crippen molar-refractivity contribution in [3.63, 3.8) is 0 Å². The van der Waals surface area contributed by atoms with E-state index in [2.05, 4.69) is 46.6 Å². The number of aromatic hydroxyl groups is 1. The Kier molecular flexibility index (Phi) is 5.17. The van der Waals surface area contributed by atoms with Gasteiger partial charge in [-0.2, -0.15) is 0 Å². The number of rotatable bonds is 4. The third kappa shape index (κ3) is 3.90. The second kappa shape index (κ2) is 6.55. The van der Waals surface area contributed by atoms with Crippen LogP contribution in [-0.2, 0) is 6.54 Å². The molecule has 0 radical (unpaired) electrons. The van der Waals surface area contributed by atoms with Crippen molar-refractivity contribution in [1.82, 2.24) is 9.80 Å². The molecule has 0 unspecified atom stereocenters. The van der Waals surface area contributed by atoms with Crippen molar-refractivity contribution in [3.8, 4) is 11.5 Å². The third-order valence-electron chi connectivity index (χ3n) is 4.19. The molecule has 1 aliphatic heterocycles. The Balaban J connectivity index is 2.13. The molecule has 0 spiro atoms. The van der Waals surface area contributed by atoms with Gasteiger partial charge in [0.1, 0.15) is 0 Å². The monoisotopic (exact) mass is 356 g/mol. The number of halogens is 1. The maximum absolute atomic E-state index is 9.98. The van der Waals surface area contributed by atoms with Gasteiger partial charge < -0.3 is 9.84 Å². The van der Waals surface area contributed by atoms with Crippen molar-refractivity contribution >= 4 is 15.9 Å². The van der Waals surface area contributed by atoms with E-state index < -0.39 is 0 Å². The quantitative estimate of drug-likeness (QED) is 0.899. The molecule has 0 atom stereocenters. The van der Waals surface area contributed by atoms with Gasteiger partial charge in [-0.3, -0.25) is 9.80 Å². The lowest BCUT2D eigenvalue weighted by Gasteiger charge is -2.45. The smallest absolute Gasteiger partial charge is 0.172 e. The van der Waals surface area contributed by atoms with Crippen molar-refractivity contribution in [2.45, 2.75) is 32.9 Å². The Morgan fingerprint density at radius 1 is 1.33 bits per heavy atom. The van der Waals surface area contributed by atoms with Gasteiger partial charge in [0.2, 0.25) is 0 Å². The first kappa shape index (κ1) is 16.6. The first-order valence-corrected chi connectivity index (χ1v) is 8.20. The highest BCUT2D eigenvalue weighted by Gasteiger charge is 2.30. The van der Waals surface area contributed by atoms with Gasteiger partial charge in [0.15, 0.2) is 11.5 Å². The summed E-state index contributed by atoms with van der Waals surface area (Å²) in [7, 11) is 2.18. The molecule has 0 aliphatic carbocycles. The minimum absolute atomic E-state index is 0.180. The Morgan fingerprint density at radius 2 is 2.05 bits per heavy atom. The van der Waals surface area contributed by atoms with Crippen LogP contribution in [0.15, 0.2) is 16.6 Å². The van der Waals surface area contributed by atoms with E-state index in [4.69, 9.17) is 4.74 Å². The number of phenols is 1. The summed E-state index contributed by atoms with van der Waals surface area (Å²) in [6.45, 7) is 11.1. The molecule has 0 amide bonds. The number of piperazine rings is 1. The van der Waals surface area contributed by atoms with Gasteiger partial charge in [-0.25, -0.2) is 0 Å². The molecule has 1 aliphatic rings. The molecule has 5 heteroatoms. The molecule has 21 heavy (non-hydrogen) atoms. The molecule has 4 nitrogen and oxygen atoms in total. The number of ether oxygens (including phenoxy) is 1. The zero-order valence-electron chi connectivity index (χ0n) is 13.3. The average molecular weight is 357 g/mol. The molecule has 2 rings (SSSR count). The first-order chi connectivity index (χ1) is 9.83. The summed E-state index contributed by atoms with van der Waals surface area (Å²) < 4.78 is 6.19. The van der Waals surface area contributed by atoms with Crippen LogP contribution in [0.25, 0.3) is 0 Å². The maximum atomic E-state index is 9.98.